The molecule has 0 aromatic carbocycles. The maximum atomic E-state index is 13.0. The Kier molecular flexibility index (Phi) is 58.3. The third-order valence-electron chi connectivity index (χ3n) is 16.0. The number of nitrogens with zero attached hydrogens (tertiary/aromatic N) is 1. The average molecular weight is 1100 g/mol. The molecular weight excluding hydrogens is 960 g/mol. The molecule has 0 fully saturated rings. The Hall–Kier alpha value is -0.760. The van der Waals surface area contributed by atoms with E-state index in [9.17, 15) is 19.4 Å². The van der Waals surface area contributed by atoms with Gasteiger partial charge in [0.25, 0.3) is 7.82 Å². The van der Waals surface area contributed by atoms with Crippen molar-refractivity contribution in [3.8, 4) is 0 Å². The lowest BCUT2D eigenvalue weighted by atomic mass is 10.0. The number of rotatable bonds is 64. The van der Waals surface area contributed by atoms with E-state index in [2.05, 4.69) is 19.2 Å². The van der Waals surface area contributed by atoms with Crippen LogP contribution in [0.5, 0.6) is 0 Å². The second kappa shape index (κ2) is 58.9. The number of aliphatic hydroxyl groups is 1. The molecule has 76 heavy (non-hydrogen) atoms. The lowest BCUT2D eigenvalue weighted by molar-refractivity contribution is -0.870. The number of hydrogen-bond donors (Lipinski definition) is 2. The van der Waals surface area contributed by atoms with Gasteiger partial charge in [-0.05, 0) is 19.3 Å². The van der Waals surface area contributed by atoms with Crippen LogP contribution in [0.25, 0.3) is 0 Å². The fourth-order valence-corrected chi connectivity index (χ4v) is 11.4. The first kappa shape index (κ1) is 75.2. The van der Waals surface area contributed by atoms with E-state index in [1.807, 2.05) is 27.2 Å². The summed E-state index contributed by atoms with van der Waals surface area (Å²) in [4.78, 5) is 25.6. The van der Waals surface area contributed by atoms with Crippen molar-refractivity contribution in [3.63, 3.8) is 0 Å². The third kappa shape index (κ3) is 60.9. The SMILES string of the molecule is CCCCCCCCCCCCCCCCCCCCCCCCCCCCCCCC/C=C/C(O)C(COP(=O)([O-])OCC[N+](C)(C)C)NC(=O)CCCCCCCCCCCCCCCCCCCCCCCC. The minimum atomic E-state index is -4.60. The molecule has 0 bridgehead atoms. The number of quaternary nitrogens is 1. The number of carbonyl (C=O) groups excluding carboxylic acids is 1. The van der Waals surface area contributed by atoms with Crippen LogP contribution < -0.4 is 10.2 Å². The molecule has 1 amide bonds. The molecule has 0 rings (SSSR count). The molecule has 0 heterocycles. The Bertz CT molecular complexity index is 1240. The van der Waals surface area contributed by atoms with Crippen LogP contribution in [0.1, 0.15) is 361 Å². The Morgan fingerprint density at radius 3 is 0.987 bits per heavy atom. The zero-order valence-electron chi connectivity index (χ0n) is 52.0. The number of unbranched alkanes of at least 4 members (excludes halogenated alkanes) is 51. The van der Waals surface area contributed by atoms with Gasteiger partial charge in [-0.15, -0.1) is 0 Å². The fraction of sp³-hybridized carbons (Fsp3) is 0.955. The van der Waals surface area contributed by atoms with Crippen molar-refractivity contribution in [1.82, 2.24) is 5.32 Å². The van der Waals surface area contributed by atoms with Crippen molar-refractivity contribution in [2.24, 2.45) is 0 Å². The number of nitrogens with one attached hydrogen (secondary N) is 1. The van der Waals surface area contributed by atoms with Gasteiger partial charge in [-0.2, -0.15) is 0 Å². The van der Waals surface area contributed by atoms with E-state index in [-0.39, 0.29) is 19.1 Å². The van der Waals surface area contributed by atoms with Gasteiger partial charge in [-0.3, -0.25) is 9.36 Å². The predicted octanol–water partition coefficient (Wildman–Crippen LogP) is 20.7. The minimum absolute atomic E-state index is 0.00294. The molecule has 0 aromatic heterocycles. The average Bonchev–Trinajstić information content (AvgIpc) is 3.38. The molecular formula is C67H135N2O6P. The maximum absolute atomic E-state index is 13.0. The van der Waals surface area contributed by atoms with E-state index in [1.54, 1.807) is 6.08 Å². The Balaban J connectivity index is 4.03. The van der Waals surface area contributed by atoms with Gasteiger partial charge in [0.05, 0.1) is 39.9 Å². The van der Waals surface area contributed by atoms with E-state index in [0.717, 1.165) is 38.5 Å². The van der Waals surface area contributed by atoms with Crippen molar-refractivity contribution < 1.29 is 32.9 Å². The first-order valence-electron chi connectivity index (χ1n) is 34.1. The standard InChI is InChI=1S/C67H135N2O6P/c1-6-8-10-12-14-16-18-20-22-24-26-28-30-31-32-33-34-35-36-37-38-39-40-42-44-46-48-50-52-54-56-58-60-66(70)65(64-75-76(72,73)74-63-62-69(3,4)5)68-67(71)61-59-57-55-53-51-49-47-45-43-41-29-27-25-23-21-19-17-15-13-11-9-7-2/h58,60,65-66,70H,6-57,59,61-64H2,1-5H3,(H-,68,71,72,73)/b60-58+. The van der Waals surface area contributed by atoms with Crippen LogP contribution >= 0.6 is 7.82 Å². The van der Waals surface area contributed by atoms with E-state index in [4.69, 9.17) is 9.05 Å². The van der Waals surface area contributed by atoms with Crippen LogP contribution in [-0.2, 0) is 18.4 Å². The van der Waals surface area contributed by atoms with E-state index >= 15 is 0 Å². The molecule has 3 unspecified atom stereocenters. The van der Waals surface area contributed by atoms with Crippen LogP contribution in [0.3, 0.4) is 0 Å². The summed E-state index contributed by atoms with van der Waals surface area (Å²) in [6.45, 7) is 4.72. The molecule has 0 radical (unpaired) electrons. The van der Waals surface area contributed by atoms with Crippen molar-refractivity contribution in [1.29, 1.82) is 0 Å². The summed E-state index contributed by atoms with van der Waals surface area (Å²) in [6.07, 6.45) is 74.7. The molecule has 2 N–H and O–H groups in total. The summed E-state index contributed by atoms with van der Waals surface area (Å²) in [6, 6.07) is -0.883. The number of carbonyl (C=O) groups is 1. The highest BCUT2D eigenvalue weighted by atomic mass is 31.2. The largest absolute Gasteiger partial charge is 0.756 e. The quantitative estimate of drug-likeness (QED) is 0.0272. The van der Waals surface area contributed by atoms with Gasteiger partial charge < -0.3 is 28.8 Å². The van der Waals surface area contributed by atoms with Crippen LogP contribution in [0.4, 0.5) is 0 Å². The summed E-state index contributed by atoms with van der Waals surface area (Å²) in [7, 11) is 1.28. The number of amides is 1. The van der Waals surface area contributed by atoms with Gasteiger partial charge in [0.2, 0.25) is 5.91 Å². The fourth-order valence-electron chi connectivity index (χ4n) is 10.7. The van der Waals surface area contributed by atoms with Crippen molar-refractivity contribution in [2.45, 2.75) is 373 Å². The maximum Gasteiger partial charge on any atom is 0.268 e. The highest BCUT2D eigenvalue weighted by molar-refractivity contribution is 7.45. The first-order chi connectivity index (χ1) is 37.0. The number of likely N-dealkylation sites (N-methyl/N-ethyl adjacent to an activating group) is 1. The summed E-state index contributed by atoms with van der Waals surface area (Å²) < 4.78 is 23.4. The molecule has 0 spiro atoms. The minimum Gasteiger partial charge on any atom is -0.756 e. The lowest BCUT2D eigenvalue weighted by Gasteiger charge is -2.29. The molecule has 0 aliphatic carbocycles. The number of allylic oxidation sites excluding steroid dienone is 1. The first-order valence-corrected chi connectivity index (χ1v) is 35.5. The predicted molar refractivity (Wildman–Crippen MR) is 330 cm³/mol. The normalized spacial score (nSPS) is 13.7. The second-order valence-corrected chi connectivity index (χ2v) is 26.3. The molecule has 0 aliphatic heterocycles. The van der Waals surface area contributed by atoms with Gasteiger partial charge in [0.15, 0.2) is 0 Å². The zero-order chi connectivity index (χ0) is 55.6. The zero-order valence-corrected chi connectivity index (χ0v) is 52.9. The highest BCUT2D eigenvalue weighted by Crippen LogP contribution is 2.38. The molecule has 3 atom stereocenters. The van der Waals surface area contributed by atoms with Crippen LogP contribution in [0, 0.1) is 0 Å². The summed E-state index contributed by atoms with van der Waals surface area (Å²) in [5.41, 5.74) is 0. The van der Waals surface area contributed by atoms with Gasteiger partial charge in [0.1, 0.15) is 13.2 Å². The van der Waals surface area contributed by atoms with Gasteiger partial charge >= 0.3 is 0 Å². The van der Waals surface area contributed by atoms with Crippen LogP contribution in [0.15, 0.2) is 12.2 Å². The summed E-state index contributed by atoms with van der Waals surface area (Å²) >= 11 is 0. The van der Waals surface area contributed by atoms with Crippen molar-refractivity contribution in [2.75, 3.05) is 40.9 Å². The monoisotopic (exact) mass is 1100 g/mol. The molecule has 0 saturated carbocycles. The Morgan fingerprint density at radius 2 is 0.711 bits per heavy atom. The second-order valence-electron chi connectivity index (χ2n) is 24.9. The van der Waals surface area contributed by atoms with Gasteiger partial charge in [0, 0.05) is 6.42 Å². The van der Waals surface area contributed by atoms with Crippen molar-refractivity contribution in [3.05, 3.63) is 12.2 Å². The molecule has 0 aromatic rings. The van der Waals surface area contributed by atoms with E-state index in [0.29, 0.717) is 17.4 Å². The van der Waals surface area contributed by atoms with E-state index < -0.39 is 20.0 Å². The number of phosphoric ester groups is 1. The Labute approximate surface area is 475 Å². The molecule has 454 valence electrons. The summed E-state index contributed by atoms with van der Waals surface area (Å²) in [5.74, 6) is -0.188. The Morgan fingerprint density at radius 1 is 0.447 bits per heavy atom. The van der Waals surface area contributed by atoms with Gasteiger partial charge in [-0.25, -0.2) is 0 Å². The molecule has 9 heteroatoms. The summed E-state index contributed by atoms with van der Waals surface area (Å²) in [5, 5.41) is 14.0. The van der Waals surface area contributed by atoms with E-state index in [1.165, 1.54) is 302 Å². The third-order valence-corrected chi connectivity index (χ3v) is 17.0. The van der Waals surface area contributed by atoms with Crippen LogP contribution in [-0.4, -0.2) is 68.5 Å². The smallest absolute Gasteiger partial charge is 0.268 e. The number of hydrogen-bond acceptors (Lipinski definition) is 6. The lowest BCUT2D eigenvalue weighted by Crippen LogP contribution is -2.45. The number of phosphoric acid groups is 1. The van der Waals surface area contributed by atoms with Gasteiger partial charge in [-0.1, -0.05) is 347 Å². The topological polar surface area (TPSA) is 108 Å². The van der Waals surface area contributed by atoms with Crippen LogP contribution in [0.2, 0.25) is 0 Å². The number of aliphatic hydroxyl groups excluding tert-OH is 1. The highest BCUT2D eigenvalue weighted by Gasteiger charge is 2.23. The molecule has 0 saturated heterocycles. The molecule has 8 nitrogen and oxygen atoms in total. The van der Waals surface area contributed by atoms with Crippen molar-refractivity contribution >= 4 is 13.7 Å². The molecule has 0 aliphatic rings.